The zero-order valence-corrected chi connectivity index (χ0v) is 15.9. The molecular formula is C22H23ClN2O. The summed E-state index contributed by atoms with van der Waals surface area (Å²) in [6.45, 7) is 0.902. The Labute approximate surface area is 160 Å². The molecule has 26 heavy (non-hydrogen) atoms. The largest absolute Gasteiger partial charge is 0.508 e. The number of hydrogen-bond donors (Lipinski definition) is 1. The first kappa shape index (κ1) is 18.4. The van der Waals surface area contributed by atoms with Crippen LogP contribution < -0.4 is 0 Å². The van der Waals surface area contributed by atoms with Crippen molar-refractivity contribution >= 4 is 28.9 Å². The molecule has 1 aromatic heterocycles. The zero-order chi connectivity index (χ0) is 17.4. The fraction of sp³-hybridized carbons (Fsp3) is 0.227. The molecule has 0 radical (unpaired) electrons. The minimum atomic E-state index is 0. The first-order valence-corrected chi connectivity index (χ1v) is 8.67. The molecule has 0 saturated carbocycles. The smallest absolute Gasteiger partial charge is 0.116 e. The van der Waals surface area contributed by atoms with Crippen LogP contribution >= 0.6 is 12.4 Å². The second-order valence-corrected chi connectivity index (χ2v) is 6.96. The number of phenolic OH excluding ortho intramolecular Hbond substituents is 1. The lowest BCUT2D eigenvalue weighted by Gasteiger charge is -2.25. The Morgan fingerprint density at radius 2 is 1.81 bits per heavy atom. The summed E-state index contributed by atoms with van der Waals surface area (Å²) < 4.78 is 0. The maximum Gasteiger partial charge on any atom is 0.116 e. The predicted molar refractivity (Wildman–Crippen MR) is 110 cm³/mol. The van der Waals surface area contributed by atoms with E-state index in [4.69, 9.17) is 4.98 Å². The number of nitrogens with zero attached hydrogens (tertiary/aromatic N) is 2. The highest BCUT2D eigenvalue weighted by atomic mass is 35.5. The van der Waals surface area contributed by atoms with Crippen LogP contribution in [0.1, 0.15) is 23.2 Å². The standard InChI is InChI=1S/C22H22N2O.ClH/c1-24(2)14-18-11-10-17-12-15-6-3-4-9-20(15)23-22(17)21(18)16-7-5-8-19(25)13-16;/h3-9,12-13,25H,10-11,14H2,1-2H3;1H. The van der Waals surface area contributed by atoms with E-state index in [-0.39, 0.29) is 12.4 Å². The van der Waals surface area contributed by atoms with Gasteiger partial charge in [0.2, 0.25) is 0 Å². The molecule has 0 aliphatic heterocycles. The highest BCUT2D eigenvalue weighted by Crippen LogP contribution is 2.37. The van der Waals surface area contributed by atoms with Gasteiger partial charge in [-0.05, 0) is 67.9 Å². The van der Waals surface area contributed by atoms with Gasteiger partial charge in [0.25, 0.3) is 0 Å². The molecule has 0 atom stereocenters. The molecule has 3 aromatic rings. The summed E-state index contributed by atoms with van der Waals surface area (Å²) in [5, 5.41) is 11.2. The van der Waals surface area contributed by atoms with E-state index in [2.05, 4.69) is 49.3 Å². The maximum atomic E-state index is 9.98. The van der Waals surface area contributed by atoms with Gasteiger partial charge >= 0.3 is 0 Å². The summed E-state index contributed by atoms with van der Waals surface area (Å²) in [4.78, 5) is 7.20. The monoisotopic (exact) mass is 366 g/mol. The van der Waals surface area contributed by atoms with Crippen molar-refractivity contribution in [2.45, 2.75) is 12.8 Å². The minimum Gasteiger partial charge on any atom is -0.508 e. The number of aromatic hydroxyl groups is 1. The number of hydrogen-bond acceptors (Lipinski definition) is 3. The SMILES string of the molecule is CN(C)CC1=C(c2cccc(O)c2)c2nc3ccccc3cc2CC1.Cl. The second kappa shape index (κ2) is 7.48. The minimum absolute atomic E-state index is 0. The Hall–Kier alpha value is -2.36. The molecule has 0 fully saturated rings. The first-order valence-electron chi connectivity index (χ1n) is 8.67. The molecule has 1 aliphatic carbocycles. The van der Waals surface area contributed by atoms with Gasteiger partial charge in [-0.1, -0.05) is 30.3 Å². The zero-order valence-electron chi connectivity index (χ0n) is 15.1. The van der Waals surface area contributed by atoms with Crippen LogP contribution in [-0.4, -0.2) is 35.6 Å². The maximum absolute atomic E-state index is 9.98. The first-order chi connectivity index (χ1) is 12.1. The number of aryl methyl sites for hydroxylation is 1. The van der Waals surface area contributed by atoms with Crippen LogP contribution in [0.3, 0.4) is 0 Å². The number of benzene rings is 2. The highest BCUT2D eigenvalue weighted by molar-refractivity contribution is 5.89. The van der Waals surface area contributed by atoms with E-state index in [1.165, 1.54) is 22.1 Å². The van der Waals surface area contributed by atoms with E-state index in [9.17, 15) is 5.11 Å². The molecule has 3 nitrogen and oxygen atoms in total. The van der Waals surface area contributed by atoms with Crippen LogP contribution in [0.2, 0.25) is 0 Å². The van der Waals surface area contributed by atoms with Gasteiger partial charge in [0.1, 0.15) is 5.75 Å². The normalized spacial score (nSPS) is 13.7. The highest BCUT2D eigenvalue weighted by Gasteiger charge is 2.23. The molecule has 1 heterocycles. The molecule has 4 heteroatoms. The summed E-state index contributed by atoms with van der Waals surface area (Å²) in [5.41, 5.74) is 6.97. The average molecular weight is 367 g/mol. The van der Waals surface area contributed by atoms with Crippen molar-refractivity contribution < 1.29 is 5.11 Å². The van der Waals surface area contributed by atoms with Gasteiger partial charge in [-0.15, -0.1) is 12.4 Å². The Morgan fingerprint density at radius 3 is 2.58 bits per heavy atom. The molecule has 2 aromatic carbocycles. The summed E-state index contributed by atoms with van der Waals surface area (Å²) in [7, 11) is 4.19. The van der Waals surface area contributed by atoms with E-state index in [0.29, 0.717) is 5.75 Å². The van der Waals surface area contributed by atoms with Crippen molar-refractivity contribution in [3.8, 4) is 5.75 Å². The van der Waals surface area contributed by atoms with Crippen LogP contribution in [0.15, 0.2) is 60.2 Å². The summed E-state index contributed by atoms with van der Waals surface area (Å²) >= 11 is 0. The number of para-hydroxylation sites is 1. The third kappa shape index (κ3) is 3.46. The number of pyridine rings is 1. The van der Waals surface area contributed by atoms with E-state index in [0.717, 1.165) is 36.2 Å². The Kier molecular flexibility index (Phi) is 5.30. The Balaban J connectivity index is 0.00000196. The molecular weight excluding hydrogens is 344 g/mol. The van der Waals surface area contributed by atoms with Gasteiger partial charge < -0.3 is 10.0 Å². The quantitative estimate of drug-likeness (QED) is 0.731. The summed E-state index contributed by atoms with van der Waals surface area (Å²) in [6.07, 6.45) is 2.04. The number of fused-ring (bicyclic) bond motifs is 2. The van der Waals surface area contributed by atoms with Gasteiger partial charge in [0.15, 0.2) is 0 Å². The third-order valence-electron chi connectivity index (χ3n) is 4.73. The Bertz CT molecular complexity index is 979. The number of phenols is 1. The molecule has 4 rings (SSSR count). The van der Waals surface area contributed by atoms with Crippen molar-refractivity contribution in [3.63, 3.8) is 0 Å². The van der Waals surface area contributed by atoms with Crippen LogP contribution in [0.5, 0.6) is 5.75 Å². The summed E-state index contributed by atoms with van der Waals surface area (Å²) in [5.74, 6) is 0.294. The topological polar surface area (TPSA) is 36.4 Å². The van der Waals surface area contributed by atoms with E-state index >= 15 is 0 Å². The van der Waals surface area contributed by atoms with Crippen molar-refractivity contribution in [1.29, 1.82) is 0 Å². The van der Waals surface area contributed by atoms with E-state index in [1.807, 2.05) is 18.2 Å². The summed E-state index contributed by atoms with van der Waals surface area (Å²) in [6, 6.07) is 18.1. The van der Waals surface area contributed by atoms with Gasteiger partial charge in [-0.25, -0.2) is 4.98 Å². The van der Waals surface area contributed by atoms with Gasteiger partial charge in [-0.3, -0.25) is 0 Å². The molecule has 0 bridgehead atoms. The fourth-order valence-electron chi connectivity index (χ4n) is 3.69. The van der Waals surface area contributed by atoms with Crippen molar-refractivity contribution in [2.75, 3.05) is 20.6 Å². The van der Waals surface area contributed by atoms with E-state index < -0.39 is 0 Å². The van der Waals surface area contributed by atoms with Gasteiger partial charge in [0, 0.05) is 17.5 Å². The molecule has 0 unspecified atom stereocenters. The van der Waals surface area contributed by atoms with Crippen LogP contribution in [0.25, 0.3) is 16.5 Å². The lowest BCUT2D eigenvalue weighted by Crippen LogP contribution is -2.20. The van der Waals surface area contributed by atoms with Crippen molar-refractivity contribution in [3.05, 3.63) is 77.0 Å². The van der Waals surface area contributed by atoms with Crippen LogP contribution in [-0.2, 0) is 6.42 Å². The average Bonchev–Trinajstić information content (AvgIpc) is 2.59. The van der Waals surface area contributed by atoms with Gasteiger partial charge in [-0.2, -0.15) is 0 Å². The van der Waals surface area contributed by atoms with Crippen molar-refractivity contribution in [1.82, 2.24) is 9.88 Å². The van der Waals surface area contributed by atoms with Crippen LogP contribution in [0.4, 0.5) is 0 Å². The molecule has 1 N–H and O–H groups in total. The molecule has 0 saturated heterocycles. The number of halogens is 1. The molecule has 0 spiro atoms. The number of aromatic nitrogens is 1. The van der Waals surface area contributed by atoms with Crippen LogP contribution in [0, 0.1) is 0 Å². The number of rotatable bonds is 3. The second-order valence-electron chi connectivity index (χ2n) is 6.96. The molecule has 1 aliphatic rings. The van der Waals surface area contributed by atoms with Crippen molar-refractivity contribution in [2.24, 2.45) is 0 Å². The Morgan fingerprint density at radius 1 is 1.00 bits per heavy atom. The lowest BCUT2D eigenvalue weighted by atomic mass is 9.84. The number of likely N-dealkylation sites (N-methyl/N-ethyl adjacent to an activating group) is 1. The van der Waals surface area contributed by atoms with Gasteiger partial charge in [0.05, 0.1) is 11.2 Å². The lowest BCUT2D eigenvalue weighted by molar-refractivity contribution is 0.439. The molecule has 134 valence electrons. The fourth-order valence-corrected chi connectivity index (χ4v) is 3.69. The van der Waals surface area contributed by atoms with E-state index in [1.54, 1.807) is 6.07 Å². The predicted octanol–water partition coefficient (Wildman–Crippen LogP) is 4.67. The third-order valence-corrected chi connectivity index (χ3v) is 4.73. The molecule has 0 amide bonds.